The highest BCUT2D eigenvalue weighted by molar-refractivity contribution is 5.80. The molecule has 2 fully saturated rings. The molecule has 2 atom stereocenters. The summed E-state index contributed by atoms with van der Waals surface area (Å²) in [6.45, 7) is 2.79. The van der Waals surface area contributed by atoms with Gasteiger partial charge in [0.2, 0.25) is 5.91 Å². The van der Waals surface area contributed by atoms with Crippen LogP contribution in [0.4, 0.5) is 0 Å². The number of carbonyl (C=O) groups excluding carboxylic acids is 2. The summed E-state index contributed by atoms with van der Waals surface area (Å²) in [5.41, 5.74) is 1.14. The third kappa shape index (κ3) is 4.13. The molecule has 4 rings (SSSR count). The van der Waals surface area contributed by atoms with Crippen molar-refractivity contribution < 1.29 is 14.3 Å². The van der Waals surface area contributed by atoms with Gasteiger partial charge in [0.15, 0.2) is 6.61 Å². The lowest BCUT2D eigenvalue weighted by molar-refractivity contribution is -0.137. The third-order valence-electron chi connectivity index (χ3n) is 5.50. The van der Waals surface area contributed by atoms with Gasteiger partial charge in [0.05, 0.1) is 0 Å². The van der Waals surface area contributed by atoms with Crippen molar-refractivity contribution in [2.45, 2.75) is 13.0 Å². The summed E-state index contributed by atoms with van der Waals surface area (Å²) in [7, 11) is 0. The van der Waals surface area contributed by atoms with Crippen LogP contribution in [0.2, 0.25) is 0 Å². The standard InChI is InChI=1S/C22H24N2O3/c25-21-11-18-13-24(22(26)16-27-20-9-5-2-6-10-20)15-19(18)14-23(21)12-17-7-3-1-4-8-17/h1-10,18-19H,11-16H2/t18-,19+/m0/s1. The second kappa shape index (κ2) is 7.82. The van der Waals surface area contributed by atoms with Crippen LogP contribution in [0.3, 0.4) is 0 Å². The number of nitrogens with zero attached hydrogens (tertiary/aromatic N) is 2. The first-order valence-electron chi connectivity index (χ1n) is 9.46. The molecule has 2 aromatic rings. The number of hydrogen-bond acceptors (Lipinski definition) is 3. The highest BCUT2D eigenvalue weighted by Gasteiger charge is 2.41. The van der Waals surface area contributed by atoms with Gasteiger partial charge in [-0.2, -0.15) is 0 Å². The van der Waals surface area contributed by atoms with E-state index in [0.29, 0.717) is 37.7 Å². The van der Waals surface area contributed by atoms with Gasteiger partial charge in [0.1, 0.15) is 5.75 Å². The fourth-order valence-electron chi connectivity index (χ4n) is 4.03. The van der Waals surface area contributed by atoms with Crippen molar-refractivity contribution in [3.63, 3.8) is 0 Å². The van der Waals surface area contributed by atoms with E-state index in [4.69, 9.17) is 4.74 Å². The maximum absolute atomic E-state index is 12.5. The molecule has 0 saturated carbocycles. The van der Waals surface area contributed by atoms with E-state index >= 15 is 0 Å². The Kier molecular flexibility index (Phi) is 5.10. The van der Waals surface area contributed by atoms with Gasteiger partial charge in [-0.25, -0.2) is 0 Å². The highest BCUT2D eigenvalue weighted by Crippen LogP contribution is 2.32. The number of rotatable bonds is 5. The Morgan fingerprint density at radius 1 is 0.926 bits per heavy atom. The number of piperidine rings is 1. The molecule has 27 heavy (non-hydrogen) atoms. The largest absolute Gasteiger partial charge is 0.484 e. The van der Waals surface area contributed by atoms with Crippen LogP contribution >= 0.6 is 0 Å². The van der Waals surface area contributed by atoms with E-state index in [1.165, 1.54) is 0 Å². The summed E-state index contributed by atoms with van der Waals surface area (Å²) in [5.74, 6) is 1.51. The Bertz CT molecular complexity index is 794. The molecule has 0 bridgehead atoms. The van der Waals surface area contributed by atoms with Crippen LogP contribution in [0.25, 0.3) is 0 Å². The normalized spacial score (nSPS) is 21.9. The van der Waals surface area contributed by atoms with Crippen molar-refractivity contribution in [1.29, 1.82) is 0 Å². The predicted octanol–water partition coefficient (Wildman–Crippen LogP) is 2.57. The topological polar surface area (TPSA) is 49.9 Å². The van der Waals surface area contributed by atoms with E-state index in [9.17, 15) is 9.59 Å². The zero-order chi connectivity index (χ0) is 18.6. The highest BCUT2D eigenvalue weighted by atomic mass is 16.5. The Labute approximate surface area is 159 Å². The zero-order valence-electron chi connectivity index (χ0n) is 15.3. The molecule has 2 heterocycles. The van der Waals surface area contributed by atoms with Crippen LogP contribution in [-0.4, -0.2) is 47.9 Å². The molecular formula is C22H24N2O3. The number of carbonyl (C=O) groups is 2. The lowest BCUT2D eigenvalue weighted by atomic mass is 9.88. The molecule has 0 unspecified atom stereocenters. The number of hydrogen-bond donors (Lipinski definition) is 0. The minimum Gasteiger partial charge on any atom is -0.484 e. The molecule has 5 nitrogen and oxygen atoms in total. The number of para-hydroxylation sites is 1. The maximum atomic E-state index is 12.5. The second-order valence-electron chi connectivity index (χ2n) is 7.38. The summed E-state index contributed by atoms with van der Waals surface area (Å²) in [6.07, 6.45) is 0.529. The number of benzene rings is 2. The fraction of sp³-hybridized carbons (Fsp3) is 0.364. The first-order valence-corrected chi connectivity index (χ1v) is 9.46. The van der Waals surface area contributed by atoms with Gasteiger partial charge in [0, 0.05) is 32.6 Å². The summed E-state index contributed by atoms with van der Waals surface area (Å²) in [4.78, 5) is 28.8. The second-order valence-corrected chi connectivity index (χ2v) is 7.38. The van der Waals surface area contributed by atoms with E-state index in [2.05, 4.69) is 0 Å². The average molecular weight is 364 g/mol. The van der Waals surface area contributed by atoms with E-state index in [0.717, 1.165) is 12.1 Å². The number of likely N-dealkylation sites (tertiary alicyclic amines) is 2. The summed E-state index contributed by atoms with van der Waals surface area (Å²) in [6, 6.07) is 19.4. The Morgan fingerprint density at radius 3 is 2.33 bits per heavy atom. The van der Waals surface area contributed by atoms with E-state index in [-0.39, 0.29) is 24.3 Å². The zero-order valence-corrected chi connectivity index (χ0v) is 15.3. The lowest BCUT2D eigenvalue weighted by Crippen LogP contribution is -2.43. The number of ether oxygens (including phenoxy) is 1. The molecule has 2 aromatic carbocycles. The van der Waals surface area contributed by atoms with Gasteiger partial charge in [-0.05, 0) is 29.5 Å². The molecule has 5 heteroatoms. The van der Waals surface area contributed by atoms with Crippen LogP contribution in [-0.2, 0) is 16.1 Å². The van der Waals surface area contributed by atoms with Crippen LogP contribution in [0.15, 0.2) is 60.7 Å². The van der Waals surface area contributed by atoms with Gasteiger partial charge in [-0.3, -0.25) is 9.59 Å². The summed E-state index contributed by atoms with van der Waals surface area (Å²) < 4.78 is 5.59. The van der Waals surface area contributed by atoms with Gasteiger partial charge in [-0.15, -0.1) is 0 Å². The van der Waals surface area contributed by atoms with Crippen LogP contribution in [0, 0.1) is 11.8 Å². The average Bonchev–Trinajstić information content (AvgIpc) is 3.11. The Balaban J connectivity index is 1.32. The third-order valence-corrected chi connectivity index (χ3v) is 5.50. The molecule has 0 aromatic heterocycles. The molecular weight excluding hydrogens is 340 g/mol. The quantitative estimate of drug-likeness (QED) is 0.819. The molecule has 0 radical (unpaired) electrons. The summed E-state index contributed by atoms with van der Waals surface area (Å²) >= 11 is 0. The molecule has 0 spiro atoms. The fourth-order valence-corrected chi connectivity index (χ4v) is 4.03. The molecule has 2 amide bonds. The Hall–Kier alpha value is -2.82. The molecule has 0 N–H and O–H groups in total. The van der Waals surface area contributed by atoms with Crippen molar-refractivity contribution in [2.24, 2.45) is 11.8 Å². The number of amides is 2. The molecule has 0 aliphatic carbocycles. The summed E-state index contributed by atoms with van der Waals surface area (Å²) in [5, 5.41) is 0. The molecule has 2 aliphatic heterocycles. The molecule has 2 saturated heterocycles. The van der Waals surface area contributed by atoms with Crippen molar-refractivity contribution in [3.05, 3.63) is 66.2 Å². The van der Waals surface area contributed by atoms with Gasteiger partial charge in [0.25, 0.3) is 5.91 Å². The predicted molar refractivity (Wildman–Crippen MR) is 102 cm³/mol. The molecule has 140 valence electrons. The maximum Gasteiger partial charge on any atom is 0.260 e. The smallest absolute Gasteiger partial charge is 0.260 e. The minimum atomic E-state index is -0.00434. The van der Waals surface area contributed by atoms with E-state index < -0.39 is 0 Å². The first kappa shape index (κ1) is 17.6. The first-order chi connectivity index (χ1) is 13.2. The monoisotopic (exact) mass is 364 g/mol. The Morgan fingerprint density at radius 2 is 1.59 bits per heavy atom. The van der Waals surface area contributed by atoms with Crippen molar-refractivity contribution in [3.8, 4) is 5.75 Å². The van der Waals surface area contributed by atoms with Crippen molar-refractivity contribution >= 4 is 11.8 Å². The van der Waals surface area contributed by atoms with E-state index in [1.54, 1.807) is 0 Å². The minimum absolute atomic E-state index is 0.00434. The lowest BCUT2D eigenvalue weighted by Gasteiger charge is -2.34. The van der Waals surface area contributed by atoms with E-state index in [1.807, 2.05) is 70.5 Å². The van der Waals surface area contributed by atoms with Crippen molar-refractivity contribution in [1.82, 2.24) is 9.80 Å². The van der Waals surface area contributed by atoms with Gasteiger partial charge >= 0.3 is 0 Å². The molecule has 2 aliphatic rings. The van der Waals surface area contributed by atoms with Crippen LogP contribution in [0.5, 0.6) is 5.75 Å². The van der Waals surface area contributed by atoms with Gasteiger partial charge < -0.3 is 14.5 Å². The van der Waals surface area contributed by atoms with Crippen LogP contribution < -0.4 is 4.74 Å². The number of fused-ring (bicyclic) bond motifs is 1. The SMILES string of the molecule is O=C1C[C@H]2CN(C(=O)COc3ccccc3)C[C@H]2CN1Cc1ccccc1. The van der Waals surface area contributed by atoms with Crippen molar-refractivity contribution in [2.75, 3.05) is 26.2 Å². The van der Waals surface area contributed by atoms with Crippen LogP contribution in [0.1, 0.15) is 12.0 Å². The van der Waals surface area contributed by atoms with Gasteiger partial charge in [-0.1, -0.05) is 48.5 Å².